The highest BCUT2D eigenvalue weighted by atomic mass is 19.1. The number of anilines is 1. The maximum absolute atomic E-state index is 13.1. The third-order valence-corrected chi connectivity index (χ3v) is 1.58. The number of hydrogen-bond acceptors (Lipinski definition) is 3. The second-order valence-electron chi connectivity index (χ2n) is 2.46. The topological polar surface area (TPSA) is 44.5 Å². The standard InChI is InChI=1S/C9H12FNO2/c1-3-13-8-5-9(12-2)7(11)4-6(8)10/h4-5H,3,11H2,1-2H3. The Morgan fingerprint density at radius 1 is 1.38 bits per heavy atom. The lowest BCUT2D eigenvalue weighted by molar-refractivity contribution is 0.318. The van der Waals surface area contributed by atoms with E-state index in [1.54, 1.807) is 6.92 Å². The molecule has 0 radical (unpaired) electrons. The Kier molecular flexibility index (Phi) is 2.95. The lowest BCUT2D eigenvalue weighted by Gasteiger charge is -2.08. The molecule has 0 spiro atoms. The van der Waals surface area contributed by atoms with E-state index in [4.69, 9.17) is 15.2 Å². The largest absolute Gasteiger partial charge is 0.494 e. The van der Waals surface area contributed by atoms with Gasteiger partial charge in [0.25, 0.3) is 0 Å². The fourth-order valence-corrected chi connectivity index (χ4v) is 0.993. The lowest BCUT2D eigenvalue weighted by atomic mass is 10.2. The molecule has 0 unspecified atom stereocenters. The molecule has 0 atom stereocenters. The van der Waals surface area contributed by atoms with E-state index >= 15 is 0 Å². The Morgan fingerprint density at radius 2 is 2.08 bits per heavy atom. The van der Waals surface area contributed by atoms with Crippen LogP contribution in [0.15, 0.2) is 12.1 Å². The van der Waals surface area contributed by atoms with E-state index in [9.17, 15) is 4.39 Å². The van der Waals surface area contributed by atoms with Crippen LogP contribution in [-0.4, -0.2) is 13.7 Å². The molecule has 1 aromatic carbocycles. The highest BCUT2D eigenvalue weighted by Crippen LogP contribution is 2.29. The summed E-state index contributed by atoms with van der Waals surface area (Å²) < 4.78 is 23.0. The van der Waals surface area contributed by atoms with Crippen molar-refractivity contribution in [2.24, 2.45) is 0 Å². The third kappa shape index (κ3) is 2.02. The summed E-state index contributed by atoms with van der Waals surface area (Å²) in [6, 6.07) is 2.62. The van der Waals surface area contributed by atoms with Gasteiger partial charge in [-0.15, -0.1) is 0 Å². The predicted octanol–water partition coefficient (Wildman–Crippen LogP) is 1.82. The second kappa shape index (κ2) is 3.98. The fraction of sp³-hybridized carbons (Fsp3) is 0.333. The van der Waals surface area contributed by atoms with E-state index < -0.39 is 5.82 Å². The summed E-state index contributed by atoms with van der Waals surface area (Å²) in [4.78, 5) is 0. The van der Waals surface area contributed by atoms with Crippen LogP contribution in [0.5, 0.6) is 11.5 Å². The van der Waals surface area contributed by atoms with Crippen molar-refractivity contribution in [1.29, 1.82) is 0 Å². The minimum absolute atomic E-state index is 0.161. The number of nitrogens with two attached hydrogens (primary N) is 1. The first-order valence-corrected chi connectivity index (χ1v) is 3.94. The molecule has 3 nitrogen and oxygen atoms in total. The van der Waals surface area contributed by atoms with Crippen molar-refractivity contribution in [3.05, 3.63) is 17.9 Å². The van der Waals surface area contributed by atoms with E-state index in [1.807, 2.05) is 0 Å². The molecule has 0 aliphatic rings. The summed E-state index contributed by atoms with van der Waals surface area (Å²) >= 11 is 0. The van der Waals surface area contributed by atoms with E-state index in [0.29, 0.717) is 12.4 Å². The van der Waals surface area contributed by atoms with Crippen molar-refractivity contribution in [2.75, 3.05) is 19.5 Å². The average molecular weight is 185 g/mol. The number of ether oxygens (including phenoxy) is 2. The van der Waals surface area contributed by atoms with Crippen molar-refractivity contribution in [3.63, 3.8) is 0 Å². The molecule has 0 heterocycles. The van der Waals surface area contributed by atoms with Gasteiger partial charge in [-0.1, -0.05) is 0 Å². The van der Waals surface area contributed by atoms with E-state index in [-0.39, 0.29) is 11.4 Å². The van der Waals surface area contributed by atoms with Gasteiger partial charge in [-0.2, -0.15) is 0 Å². The van der Waals surface area contributed by atoms with Crippen molar-refractivity contribution in [2.45, 2.75) is 6.92 Å². The molecule has 13 heavy (non-hydrogen) atoms. The number of halogens is 1. The third-order valence-electron chi connectivity index (χ3n) is 1.58. The van der Waals surface area contributed by atoms with Gasteiger partial charge in [0.2, 0.25) is 0 Å². The summed E-state index contributed by atoms with van der Waals surface area (Å²) in [6.45, 7) is 2.19. The maximum atomic E-state index is 13.1. The van der Waals surface area contributed by atoms with Gasteiger partial charge >= 0.3 is 0 Å². The van der Waals surface area contributed by atoms with Crippen LogP contribution in [0.4, 0.5) is 10.1 Å². The van der Waals surface area contributed by atoms with Gasteiger partial charge in [0.05, 0.1) is 19.4 Å². The highest BCUT2D eigenvalue weighted by Gasteiger charge is 2.08. The minimum Gasteiger partial charge on any atom is -0.494 e. The van der Waals surface area contributed by atoms with Crippen LogP contribution in [0, 0.1) is 5.82 Å². The number of benzene rings is 1. The Labute approximate surface area is 76.3 Å². The molecule has 0 fully saturated rings. The highest BCUT2D eigenvalue weighted by molar-refractivity contribution is 5.56. The van der Waals surface area contributed by atoms with Gasteiger partial charge in [0, 0.05) is 12.1 Å². The zero-order valence-corrected chi connectivity index (χ0v) is 7.63. The lowest BCUT2D eigenvalue weighted by Crippen LogP contribution is -1.98. The Balaban J connectivity index is 3.06. The van der Waals surface area contributed by atoms with Crippen LogP contribution >= 0.6 is 0 Å². The second-order valence-corrected chi connectivity index (χ2v) is 2.46. The van der Waals surface area contributed by atoms with E-state index in [2.05, 4.69) is 0 Å². The summed E-state index contributed by atoms with van der Waals surface area (Å²) in [7, 11) is 1.47. The van der Waals surface area contributed by atoms with Crippen LogP contribution in [0.25, 0.3) is 0 Å². The normalized spacial score (nSPS) is 9.77. The van der Waals surface area contributed by atoms with Crippen LogP contribution in [0.2, 0.25) is 0 Å². The molecule has 0 amide bonds. The van der Waals surface area contributed by atoms with Crippen molar-refractivity contribution in [1.82, 2.24) is 0 Å². The summed E-state index contributed by atoms with van der Waals surface area (Å²) in [5.41, 5.74) is 5.74. The van der Waals surface area contributed by atoms with Gasteiger partial charge in [-0.3, -0.25) is 0 Å². The molecule has 0 aliphatic heterocycles. The van der Waals surface area contributed by atoms with Gasteiger partial charge in [-0.05, 0) is 6.92 Å². The van der Waals surface area contributed by atoms with Crippen molar-refractivity contribution >= 4 is 5.69 Å². The van der Waals surface area contributed by atoms with Crippen LogP contribution in [0.3, 0.4) is 0 Å². The van der Waals surface area contributed by atoms with Crippen LogP contribution in [0.1, 0.15) is 6.92 Å². The zero-order valence-electron chi connectivity index (χ0n) is 7.63. The van der Waals surface area contributed by atoms with Gasteiger partial charge < -0.3 is 15.2 Å². The molecule has 1 rings (SSSR count). The van der Waals surface area contributed by atoms with Gasteiger partial charge in [0.15, 0.2) is 11.6 Å². The molecular weight excluding hydrogens is 173 g/mol. The fourth-order valence-electron chi connectivity index (χ4n) is 0.993. The van der Waals surface area contributed by atoms with Crippen molar-refractivity contribution in [3.8, 4) is 11.5 Å². The molecule has 72 valence electrons. The number of nitrogen functional groups attached to an aromatic ring is 1. The van der Waals surface area contributed by atoms with Crippen LogP contribution < -0.4 is 15.2 Å². The quantitative estimate of drug-likeness (QED) is 0.730. The molecule has 0 saturated heterocycles. The molecule has 0 bridgehead atoms. The summed E-state index contributed by atoms with van der Waals surface area (Å²) in [6.07, 6.45) is 0. The first-order valence-electron chi connectivity index (χ1n) is 3.94. The zero-order chi connectivity index (χ0) is 9.84. The number of methoxy groups -OCH3 is 1. The first-order chi connectivity index (χ1) is 6.19. The molecule has 4 heteroatoms. The average Bonchev–Trinajstić information content (AvgIpc) is 2.10. The van der Waals surface area contributed by atoms with Gasteiger partial charge in [0.1, 0.15) is 5.75 Å². The van der Waals surface area contributed by atoms with Crippen LogP contribution in [-0.2, 0) is 0 Å². The Bertz CT molecular complexity index is 302. The summed E-state index contributed by atoms with van der Waals surface area (Å²) in [5, 5.41) is 0. The molecule has 0 saturated carbocycles. The SMILES string of the molecule is CCOc1cc(OC)c(N)cc1F. The molecule has 1 aromatic rings. The van der Waals surface area contributed by atoms with E-state index in [0.717, 1.165) is 0 Å². The molecule has 2 N–H and O–H groups in total. The Hall–Kier alpha value is -1.45. The Morgan fingerprint density at radius 3 is 2.62 bits per heavy atom. The van der Waals surface area contributed by atoms with Gasteiger partial charge in [-0.25, -0.2) is 4.39 Å². The maximum Gasteiger partial charge on any atom is 0.167 e. The predicted molar refractivity (Wildman–Crippen MR) is 48.5 cm³/mol. The first kappa shape index (κ1) is 9.64. The number of hydrogen-bond donors (Lipinski definition) is 1. The number of rotatable bonds is 3. The molecular formula is C9H12FNO2. The smallest absolute Gasteiger partial charge is 0.167 e. The molecule has 0 aromatic heterocycles. The monoisotopic (exact) mass is 185 g/mol. The van der Waals surface area contributed by atoms with E-state index in [1.165, 1.54) is 19.2 Å². The minimum atomic E-state index is -0.472. The van der Waals surface area contributed by atoms with Crippen molar-refractivity contribution < 1.29 is 13.9 Å². The summed E-state index contributed by atoms with van der Waals surface area (Å²) in [5.74, 6) is 0.110. The molecule has 0 aliphatic carbocycles.